The lowest BCUT2D eigenvalue weighted by Crippen LogP contribution is -1.83. The Kier molecular flexibility index (Phi) is 3.16. The minimum atomic E-state index is 0.192. The molecule has 0 N–H and O–H groups in total. The van der Waals surface area contributed by atoms with Crippen molar-refractivity contribution in [2.75, 3.05) is 0 Å². The van der Waals surface area contributed by atoms with Gasteiger partial charge in [0.25, 0.3) is 0 Å². The fraction of sp³-hybridized carbons (Fsp3) is 0.133. The van der Waals surface area contributed by atoms with Gasteiger partial charge in [0.15, 0.2) is 0 Å². The van der Waals surface area contributed by atoms with E-state index in [0.29, 0.717) is 6.42 Å². The fourth-order valence-corrected chi connectivity index (χ4v) is 1.67. The molecule has 0 unspecified atom stereocenters. The molecule has 2 aromatic carbocycles. The molecule has 0 aromatic heterocycles. The molecule has 0 amide bonds. The first-order valence-electron chi connectivity index (χ1n) is 5.40. The van der Waals surface area contributed by atoms with Crippen LogP contribution in [0.3, 0.4) is 0 Å². The lowest BCUT2D eigenvalue weighted by Gasteiger charge is -1.98. The molecular formula is C15H14O. The van der Waals surface area contributed by atoms with Gasteiger partial charge in [0.2, 0.25) is 0 Å². The highest BCUT2D eigenvalue weighted by Gasteiger charge is 1.93. The van der Waals surface area contributed by atoms with Gasteiger partial charge in [-0.1, -0.05) is 48.6 Å². The number of carbonyl (C=O) groups excluding carboxylic acids is 1. The highest BCUT2D eigenvalue weighted by molar-refractivity contribution is 5.85. The summed E-state index contributed by atoms with van der Waals surface area (Å²) in [5, 5.41) is 2.47. The van der Waals surface area contributed by atoms with E-state index in [0.717, 1.165) is 5.56 Å². The summed E-state index contributed by atoms with van der Waals surface area (Å²) in [5.74, 6) is 0.192. The molecule has 0 aliphatic rings. The van der Waals surface area contributed by atoms with E-state index in [2.05, 4.69) is 30.3 Å². The second-order valence-corrected chi connectivity index (χ2v) is 3.92. The van der Waals surface area contributed by atoms with E-state index in [1.807, 2.05) is 24.3 Å². The van der Waals surface area contributed by atoms with Crippen molar-refractivity contribution in [2.45, 2.75) is 13.3 Å². The van der Waals surface area contributed by atoms with Gasteiger partial charge >= 0.3 is 0 Å². The van der Waals surface area contributed by atoms with E-state index in [-0.39, 0.29) is 5.78 Å². The van der Waals surface area contributed by atoms with Crippen LogP contribution in [0.4, 0.5) is 0 Å². The zero-order valence-electron chi connectivity index (χ0n) is 9.31. The molecule has 0 bridgehead atoms. The van der Waals surface area contributed by atoms with Gasteiger partial charge in [-0.15, -0.1) is 0 Å². The van der Waals surface area contributed by atoms with Crippen molar-refractivity contribution < 1.29 is 4.79 Å². The molecule has 2 aromatic rings. The van der Waals surface area contributed by atoms with Crippen LogP contribution in [0.5, 0.6) is 0 Å². The number of hydrogen-bond donors (Lipinski definition) is 0. The molecule has 0 aliphatic carbocycles. The van der Waals surface area contributed by atoms with Crippen LogP contribution in [0.1, 0.15) is 18.9 Å². The van der Waals surface area contributed by atoms with E-state index < -0.39 is 0 Å². The van der Waals surface area contributed by atoms with E-state index in [1.165, 1.54) is 10.8 Å². The molecule has 0 heterocycles. The number of carbonyl (C=O) groups is 1. The first-order chi connectivity index (χ1) is 7.75. The van der Waals surface area contributed by atoms with Crippen molar-refractivity contribution in [1.29, 1.82) is 0 Å². The number of benzene rings is 2. The number of fused-ring (bicyclic) bond motifs is 1. The van der Waals surface area contributed by atoms with Crippen molar-refractivity contribution in [3.8, 4) is 0 Å². The van der Waals surface area contributed by atoms with Crippen LogP contribution >= 0.6 is 0 Å². The third-order valence-corrected chi connectivity index (χ3v) is 2.49. The van der Waals surface area contributed by atoms with Crippen molar-refractivity contribution in [3.63, 3.8) is 0 Å². The van der Waals surface area contributed by atoms with Crippen LogP contribution in [0, 0.1) is 0 Å². The lowest BCUT2D eigenvalue weighted by atomic mass is 10.1. The zero-order chi connectivity index (χ0) is 11.4. The Morgan fingerprint density at radius 1 is 1.12 bits per heavy atom. The Morgan fingerprint density at radius 2 is 1.88 bits per heavy atom. The number of allylic oxidation sites excluding steroid dienone is 1. The standard InChI is InChI=1S/C15H14O/c1-12(16)5-4-6-13-9-10-14-7-2-3-8-15(14)11-13/h2-4,6-11H,5H2,1H3. The maximum Gasteiger partial charge on any atom is 0.133 e. The smallest absolute Gasteiger partial charge is 0.133 e. The zero-order valence-corrected chi connectivity index (χ0v) is 9.31. The molecule has 0 fully saturated rings. The van der Waals surface area contributed by atoms with E-state index >= 15 is 0 Å². The topological polar surface area (TPSA) is 17.1 Å². The number of hydrogen-bond acceptors (Lipinski definition) is 1. The summed E-state index contributed by atoms with van der Waals surface area (Å²) in [5.41, 5.74) is 1.14. The van der Waals surface area contributed by atoms with Gasteiger partial charge in [0.1, 0.15) is 5.78 Å². The van der Waals surface area contributed by atoms with Gasteiger partial charge in [-0.05, 0) is 29.3 Å². The first-order valence-corrected chi connectivity index (χ1v) is 5.40. The molecule has 0 spiro atoms. The quantitative estimate of drug-likeness (QED) is 0.752. The molecule has 0 aliphatic heterocycles. The second-order valence-electron chi connectivity index (χ2n) is 3.92. The van der Waals surface area contributed by atoms with Crippen LogP contribution < -0.4 is 0 Å². The Bertz CT molecular complexity index is 538. The van der Waals surface area contributed by atoms with Gasteiger partial charge in [0, 0.05) is 6.42 Å². The largest absolute Gasteiger partial charge is 0.300 e. The molecule has 0 saturated carbocycles. The highest BCUT2D eigenvalue weighted by Crippen LogP contribution is 2.16. The molecule has 16 heavy (non-hydrogen) atoms. The number of Topliss-reactive ketones (excluding diaryl/α,β-unsaturated/α-hetero) is 1. The van der Waals surface area contributed by atoms with Gasteiger partial charge < -0.3 is 0 Å². The summed E-state index contributed by atoms with van der Waals surface area (Å²) in [6, 6.07) is 14.6. The van der Waals surface area contributed by atoms with Gasteiger partial charge in [0.05, 0.1) is 0 Å². The fourth-order valence-electron chi connectivity index (χ4n) is 1.67. The SMILES string of the molecule is CC(=O)CC=Cc1ccc2ccccc2c1. The summed E-state index contributed by atoms with van der Waals surface area (Å²) >= 11 is 0. The van der Waals surface area contributed by atoms with Crippen molar-refractivity contribution in [3.05, 3.63) is 54.1 Å². The lowest BCUT2D eigenvalue weighted by molar-refractivity contribution is -0.116. The molecule has 80 valence electrons. The molecule has 0 saturated heterocycles. The summed E-state index contributed by atoms with van der Waals surface area (Å²) in [6.07, 6.45) is 4.41. The Labute approximate surface area is 95.4 Å². The van der Waals surface area contributed by atoms with Crippen LogP contribution in [0.2, 0.25) is 0 Å². The van der Waals surface area contributed by atoms with Gasteiger partial charge in [-0.3, -0.25) is 4.79 Å². The van der Waals surface area contributed by atoms with Crippen LogP contribution in [0.25, 0.3) is 16.8 Å². The minimum absolute atomic E-state index is 0.192. The van der Waals surface area contributed by atoms with E-state index in [9.17, 15) is 4.79 Å². The molecule has 0 radical (unpaired) electrons. The molecule has 1 heteroatoms. The molecule has 0 atom stereocenters. The van der Waals surface area contributed by atoms with Crippen LogP contribution in [-0.4, -0.2) is 5.78 Å². The van der Waals surface area contributed by atoms with E-state index in [4.69, 9.17) is 0 Å². The Hall–Kier alpha value is -1.89. The first kappa shape index (κ1) is 10.6. The number of rotatable bonds is 3. The predicted molar refractivity (Wildman–Crippen MR) is 68.3 cm³/mol. The van der Waals surface area contributed by atoms with Crippen molar-refractivity contribution in [2.24, 2.45) is 0 Å². The maximum absolute atomic E-state index is 10.8. The monoisotopic (exact) mass is 210 g/mol. The third kappa shape index (κ3) is 2.57. The molecule has 1 nitrogen and oxygen atoms in total. The van der Waals surface area contributed by atoms with Crippen molar-refractivity contribution >= 4 is 22.6 Å². The third-order valence-electron chi connectivity index (χ3n) is 2.49. The van der Waals surface area contributed by atoms with E-state index in [1.54, 1.807) is 6.92 Å². The predicted octanol–water partition coefficient (Wildman–Crippen LogP) is 3.83. The minimum Gasteiger partial charge on any atom is -0.300 e. The van der Waals surface area contributed by atoms with Crippen LogP contribution in [0.15, 0.2) is 48.5 Å². The average Bonchev–Trinajstić information content (AvgIpc) is 2.28. The highest BCUT2D eigenvalue weighted by atomic mass is 16.1. The second kappa shape index (κ2) is 4.75. The Morgan fingerprint density at radius 3 is 2.62 bits per heavy atom. The average molecular weight is 210 g/mol. The molecular weight excluding hydrogens is 196 g/mol. The normalized spacial score (nSPS) is 11.1. The molecule has 2 rings (SSSR count). The van der Waals surface area contributed by atoms with Gasteiger partial charge in [-0.2, -0.15) is 0 Å². The summed E-state index contributed by atoms with van der Waals surface area (Å²) in [6.45, 7) is 1.60. The summed E-state index contributed by atoms with van der Waals surface area (Å²) in [7, 11) is 0. The number of ketones is 1. The Balaban J connectivity index is 2.26. The van der Waals surface area contributed by atoms with Crippen LogP contribution in [-0.2, 0) is 4.79 Å². The summed E-state index contributed by atoms with van der Waals surface area (Å²) < 4.78 is 0. The van der Waals surface area contributed by atoms with Gasteiger partial charge in [-0.25, -0.2) is 0 Å². The maximum atomic E-state index is 10.8. The van der Waals surface area contributed by atoms with Crippen molar-refractivity contribution in [1.82, 2.24) is 0 Å². The summed E-state index contributed by atoms with van der Waals surface area (Å²) in [4.78, 5) is 10.8.